The monoisotopic (exact) mass is 484 g/mol. The molecule has 1 amide bonds. The standard InChI is InChI=1S/C23H30Cl2N2O3S/c1-15(2)8-9-26-22(28)14-27(13-19-6-7-20(24)21(25)12-19)31(29,30)23-17(4)10-16(3)11-18(23)5/h6-7,10-12,15H,8-9,13-14H2,1-5H3,(H,26,28). The quantitative estimate of drug-likeness (QED) is 0.526. The minimum absolute atomic E-state index is 0.00355. The Kier molecular flexibility index (Phi) is 8.95. The first-order valence-corrected chi connectivity index (χ1v) is 12.4. The topological polar surface area (TPSA) is 66.5 Å². The fourth-order valence-corrected chi connectivity index (χ4v) is 5.60. The van der Waals surface area contributed by atoms with Crippen LogP contribution in [0, 0.1) is 26.7 Å². The van der Waals surface area contributed by atoms with E-state index >= 15 is 0 Å². The first-order valence-electron chi connectivity index (χ1n) is 10.2. The van der Waals surface area contributed by atoms with Crippen molar-refractivity contribution in [2.45, 2.75) is 52.5 Å². The Hall–Kier alpha value is -1.60. The summed E-state index contributed by atoms with van der Waals surface area (Å²) in [5, 5.41) is 3.54. The Labute approximate surface area is 195 Å². The van der Waals surface area contributed by atoms with Gasteiger partial charge in [-0.1, -0.05) is 60.8 Å². The van der Waals surface area contributed by atoms with Crippen LogP contribution < -0.4 is 5.32 Å². The highest BCUT2D eigenvalue weighted by Crippen LogP contribution is 2.28. The Morgan fingerprint density at radius 1 is 1.03 bits per heavy atom. The molecule has 8 heteroatoms. The maximum Gasteiger partial charge on any atom is 0.244 e. The normalized spacial score (nSPS) is 11.9. The summed E-state index contributed by atoms with van der Waals surface area (Å²) < 4.78 is 28.5. The first-order chi connectivity index (χ1) is 14.4. The number of halogens is 2. The molecule has 2 aromatic carbocycles. The summed E-state index contributed by atoms with van der Waals surface area (Å²) in [5.41, 5.74) is 2.93. The van der Waals surface area contributed by atoms with E-state index in [1.165, 1.54) is 4.31 Å². The van der Waals surface area contributed by atoms with Crippen molar-refractivity contribution < 1.29 is 13.2 Å². The molecule has 0 bridgehead atoms. The molecular formula is C23H30Cl2N2O3S. The molecule has 170 valence electrons. The molecule has 0 aliphatic heterocycles. The average Bonchev–Trinajstić information content (AvgIpc) is 2.62. The summed E-state index contributed by atoms with van der Waals surface area (Å²) in [6.07, 6.45) is 0.821. The number of benzene rings is 2. The largest absolute Gasteiger partial charge is 0.355 e. The van der Waals surface area contributed by atoms with Crippen molar-refractivity contribution in [3.63, 3.8) is 0 Å². The van der Waals surface area contributed by atoms with Crippen LogP contribution in [0.1, 0.15) is 42.5 Å². The fraction of sp³-hybridized carbons (Fsp3) is 0.435. The van der Waals surface area contributed by atoms with Crippen LogP contribution in [0.5, 0.6) is 0 Å². The van der Waals surface area contributed by atoms with Crippen molar-refractivity contribution in [1.82, 2.24) is 9.62 Å². The van der Waals surface area contributed by atoms with Gasteiger partial charge in [0.05, 0.1) is 21.5 Å². The zero-order valence-electron chi connectivity index (χ0n) is 18.6. The average molecular weight is 485 g/mol. The summed E-state index contributed by atoms with van der Waals surface area (Å²) in [6, 6.07) is 8.62. The van der Waals surface area contributed by atoms with Gasteiger partial charge in [-0.25, -0.2) is 8.42 Å². The highest BCUT2D eigenvalue weighted by molar-refractivity contribution is 7.89. The number of nitrogens with one attached hydrogen (secondary N) is 1. The SMILES string of the molecule is Cc1cc(C)c(S(=O)(=O)N(CC(=O)NCCC(C)C)Cc2ccc(Cl)c(Cl)c2)c(C)c1. The smallest absolute Gasteiger partial charge is 0.244 e. The lowest BCUT2D eigenvalue weighted by atomic mass is 10.1. The Morgan fingerprint density at radius 2 is 1.65 bits per heavy atom. The van der Waals surface area contributed by atoms with Gasteiger partial charge in [0.1, 0.15) is 0 Å². The van der Waals surface area contributed by atoms with Gasteiger partial charge < -0.3 is 5.32 Å². The van der Waals surface area contributed by atoms with Crippen LogP contribution in [-0.4, -0.2) is 31.7 Å². The second kappa shape index (κ2) is 10.8. The van der Waals surface area contributed by atoms with E-state index in [-0.39, 0.29) is 23.9 Å². The zero-order chi connectivity index (χ0) is 23.3. The van der Waals surface area contributed by atoms with Gasteiger partial charge in [-0.05, 0) is 61.9 Å². The highest BCUT2D eigenvalue weighted by atomic mass is 35.5. The van der Waals surface area contributed by atoms with Crippen LogP contribution in [0.15, 0.2) is 35.2 Å². The molecule has 0 radical (unpaired) electrons. The molecule has 0 fully saturated rings. The number of aryl methyl sites for hydroxylation is 3. The van der Waals surface area contributed by atoms with Gasteiger partial charge in [0, 0.05) is 13.1 Å². The number of amides is 1. The van der Waals surface area contributed by atoms with E-state index in [4.69, 9.17) is 23.2 Å². The number of hydrogen-bond acceptors (Lipinski definition) is 3. The van der Waals surface area contributed by atoms with E-state index < -0.39 is 10.0 Å². The van der Waals surface area contributed by atoms with Gasteiger partial charge in [0.15, 0.2) is 0 Å². The number of hydrogen-bond donors (Lipinski definition) is 1. The van der Waals surface area contributed by atoms with Crippen LogP contribution in [0.2, 0.25) is 10.0 Å². The molecule has 1 N–H and O–H groups in total. The van der Waals surface area contributed by atoms with Gasteiger partial charge in [0.25, 0.3) is 0 Å². The molecule has 0 aliphatic rings. The number of carbonyl (C=O) groups excluding carboxylic acids is 1. The number of nitrogens with zero attached hydrogens (tertiary/aromatic N) is 1. The molecular weight excluding hydrogens is 455 g/mol. The molecule has 31 heavy (non-hydrogen) atoms. The van der Waals surface area contributed by atoms with E-state index in [9.17, 15) is 13.2 Å². The predicted octanol–water partition coefficient (Wildman–Crippen LogP) is 5.27. The van der Waals surface area contributed by atoms with Crippen molar-refractivity contribution >= 4 is 39.1 Å². The van der Waals surface area contributed by atoms with Gasteiger partial charge in [-0.15, -0.1) is 0 Å². The predicted molar refractivity (Wildman–Crippen MR) is 127 cm³/mol. The van der Waals surface area contributed by atoms with E-state index in [1.807, 2.05) is 19.1 Å². The Balaban J connectivity index is 2.40. The number of sulfonamides is 1. The summed E-state index contributed by atoms with van der Waals surface area (Å²) >= 11 is 12.1. The first kappa shape index (κ1) is 25.7. The maximum atomic E-state index is 13.6. The van der Waals surface area contributed by atoms with Gasteiger partial charge >= 0.3 is 0 Å². The van der Waals surface area contributed by atoms with Crippen LogP contribution >= 0.6 is 23.2 Å². The van der Waals surface area contributed by atoms with Crippen molar-refractivity contribution in [3.8, 4) is 0 Å². The molecule has 0 saturated heterocycles. The minimum atomic E-state index is -3.94. The zero-order valence-corrected chi connectivity index (χ0v) is 21.0. The minimum Gasteiger partial charge on any atom is -0.355 e. The van der Waals surface area contributed by atoms with E-state index in [2.05, 4.69) is 19.2 Å². The molecule has 0 atom stereocenters. The van der Waals surface area contributed by atoms with Crippen LogP contribution in [-0.2, 0) is 21.4 Å². The van der Waals surface area contributed by atoms with Crippen LogP contribution in [0.4, 0.5) is 0 Å². The summed E-state index contributed by atoms with van der Waals surface area (Å²) in [6.45, 7) is 9.81. The van der Waals surface area contributed by atoms with Gasteiger partial charge in [-0.2, -0.15) is 4.31 Å². The molecule has 0 heterocycles. The Morgan fingerprint density at radius 3 is 2.19 bits per heavy atom. The number of rotatable bonds is 9. The van der Waals surface area contributed by atoms with Crippen molar-refractivity contribution in [1.29, 1.82) is 0 Å². The lowest BCUT2D eigenvalue weighted by Crippen LogP contribution is -2.41. The third-order valence-electron chi connectivity index (χ3n) is 4.91. The van der Waals surface area contributed by atoms with Crippen molar-refractivity contribution in [2.24, 2.45) is 5.92 Å². The second-order valence-corrected chi connectivity index (χ2v) is 11.0. The van der Waals surface area contributed by atoms with E-state index in [1.54, 1.807) is 32.0 Å². The molecule has 0 unspecified atom stereocenters. The lowest BCUT2D eigenvalue weighted by molar-refractivity contribution is -0.121. The summed E-state index contributed by atoms with van der Waals surface area (Å²) in [7, 11) is -3.94. The molecule has 2 aromatic rings. The highest BCUT2D eigenvalue weighted by Gasteiger charge is 2.30. The second-order valence-electron chi connectivity index (χ2n) is 8.28. The Bertz CT molecular complexity index is 1030. The molecule has 0 aromatic heterocycles. The maximum absolute atomic E-state index is 13.6. The van der Waals surface area contributed by atoms with Crippen molar-refractivity contribution in [2.75, 3.05) is 13.1 Å². The lowest BCUT2D eigenvalue weighted by Gasteiger charge is -2.24. The van der Waals surface area contributed by atoms with Crippen molar-refractivity contribution in [3.05, 3.63) is 62.6 Å². The molecule has 0 aliphatic carbocycles. The third-order valence-corrected chi connectivity index (χ3v) is 7.75. The molecule has 2 rings (SSSR count). The third kappa shape index (κ3) is 6.94. The van der Waals surface area contributed by atoms with Gasteiger partial charge in [-0.3, -0.25) is 4.79 Å². The molecule has 5 nitrogen and oxygen atoms in total. The summed E-state index contributed by atoms with van der Waals surface area (Å²) in [5.74, 6) is 0.0981. The van der Waals surface area contributed by atoms with Crippen LogP contribution in [0.3, 0.4) is 0 Å². The van der Waals surface area contributed by atoms with E-state index in [0.717, 1.165) is 12.0 Å². The van der Waals surface area contributed by atoms with Gasteiger partial charge in [0.2, 0.25) is 15.9 Å². The fourth-order valence-electron chi connectivity index (χ4n) is 3.49. The number of carbonyl (C=O) groups is 1. The molecule has 0 spiro atoms. The van der Waals surface area contributed by atoms with E-state index in [0.29, 0.717) is 39.2 Å². The molecule has 0 saturated carbocycles. The summed E-state index contributed by atoms with van der Waals surface area (Å²) in [4.78, 5) is 12.8. The van der Waals surface area contributed by atoms with Crippen LogP contribution in [0.25, 0.3) is 0 Å².